The molecule has 0 fully saturated rings. The number of anilines is 2. The normalized spacial score (nSPS) is 11.3. The van der Waals surface area contributed by atoms with Crippen LogP contribution in [0.5, 0.6) is 0 Å². The minimum atomic E-state index is -4.74. The Balaban J connectivity index is 2.51. The molecular weight excluding hydrogens is 299 g/mol. The molecule has 0 aliphatic heterocycles. The molecule has 0 spiro atoms. The molecule has 0 aliphatic carbocycles. The van der Waals surface area contributed by atoms with E-state index in [-0.39, 0.29) is 6.61 Å². The molecule has 2 rings (SSSR count). The van der Waals surface area contributed by atoms with Crippen LogP contribution in [0.25, 0.3) is 0 Å². The number of carbonyl (C=O) groups is 1. The first-order valence-corrected chi connectivity index (χ1v) is 6.48. The lowest BCUT2D eigenvalue weighted by Crippen LogP contribution is -2.17. The molecule has 1 heterocycles. The third-order valence-corrected chi connectivity index (χ3v) is 2.84. The van der Waals surface area contributed by atoms with Crippen LogP contribution in [-0.4, -0.2) is 22.4 Å². The Kier molecular flexibility index (Phi) is 4.39. The summed E-state index contributed by atoms with van der Waals surface area (Å²) in [6, 6.07) is 8.27. The molecule has 0 aliphatic rings. The van der Waals surface area contributed by atoms with Crippen LogP contribution in [0.3, 0.4) is 0 Å². The van der Waals surface area contributed by atoms with Gasteiger partial charge in [-0.25, -0.2) is 4.79 Å². The zero-order valence-electron chi connectivity index (χ0n) is 11.9. The zero-order valence-corrected chi connectivity index (χ0v) is 11.9. The minimum absolute atomic E-state index is 0.0250. The fourth-order valence-electron chi connectivity index (χ4n) is 1.97. The molecule has 0 bridgehead atoms. The molecule has 5 nitrogen and oxygen atoms in total. The van der Waals surface area contributed by atoms with Crippen molar-refractivity contribution in [2.24, 2.45) is 7.05 Å². The third kappa shape index (κ3) is 3.21. The highest BCUT2D eigenvalue weighted by Gasteiger charge is 2.42. The summed E-state index contributed by atoms with van der Waals surface area (Å²) >= 11 is 0. The van der Waals surface area contributed by atoms with Crippen molar-refractivity contribution in [2.45, 2.75) is 13.1 Å². The number of aryl methyl sites for hydroxylation is 1. The first kappa shape index (κ1) is 15.9. The number of hydrogen-bond donors (Lipinski definition) is 1. The number of ether oxygens (including phenoxy) is 1. The van der Waals surface area contributed by atoms with Gasteiger partial charge in [0.25, 0.3) is 0 Å². The van der Waals surface area contributed by atoms with Gasteiger partial charge < -0.3 is 10.1 Å². The van der Waals surface area contributed by atoms with Crippen LogP contribution in [-0.2, 0) is 18.0 Å². The largest absolute Gasteiger partial charge is 0.461 e. The number of aromatic nitrogens is 2. The van der Waals surface area contributed by atoms with E-state index in [0.29, 0.717) is 5.69 Å². The Labute approximate surface area is 124 Å². The molecule has 0 saturated heterocycles. The van der Waals surface area contributed by atoms with Crippen molar-refractivity contribution in [2.75, 3.05) is 11.9 Å². The fourth-order valence-corrected chi connectivity index (χ4v) is 1.97. The molecule has 118 valence electrons. The summed E-state index contributed by atoms with van der Waals surface area (Å²) in [5.41, 5.74) is -1.34. The summed E-state index contributed by atoms with van der Waals surface area (Å²) in [6.45, 7) is 1.49. The number of halogens is 3. The maximum absolute atomic E-state index is 13.3. The lowest BCUT2D eigenvalue weighted by atomic mass is 10.2. The lowest BCUT2D eigenvalue weighted by Gasteiger charge is -2.10. The molecule has 8 heteroatoms. The van der Waals surface area contributed by atoms with E-state index in [1.165, 1.54) is 14.0 Å². The van der Waals surface area contributed by atoms with Crippen LogP contribution in [0.1, 0.15) is 23.0 Å². The Morgan fingerprint density at radius 2 is 1.95 bits per heavy atom. The van der Waals surface area contributed by atoms with E-state index in [0.717, 1.165) is 4.68 Å². The molecule has 0 saturated carbocycles. The number of rotatable bonds is 4. The highest BCUT2D eigenvalue weighted by Crippen LogP contribution is 2.38. The van der Waals surface area contributed by atoms with Gasteiger partial charge in [-0.05, 0) is 19.1 Å². The molecule has 0 unspecified atom stereocenters. The molecule has 22 heavy (non-hydrogen) atoms. The van der Waals surface area contributed by atoms with Crippen molar-refractivity contribution < 1.29 is 22.7 Å². The predicted molar refractivity (Wildman–Crippen MR) is 73.9 cm³/mol. The summed E-state index contributed by atoms with van der Waals surface area (Å²) < 4.78 is 45.5. The Morgan fingerprint density at radius 3 is 2.50 bits per heavy atom. The second-order valence-corrected chi connectivity index (χ2v) is 4.41. The standard InChI is InChI=1S/C14H14F3N3O2/c1-3-22-13(21)11-10(14(15,16)17)12(19-20(11)2)18-9-7-5-4-6-8-9/h4-8H,3H2,1-2H3,(H,18,19). The van der Waals surface area contributed by atoms with E-state index in [2.05, 4.69) is 15.2 Å². The number of benzene rings is 1. The van der Waals surface area contributed by atoms with Gasteiger partial charge >= 0.3 is 12.1 Å². The van der Waals surface area contributed by atoms with Gasteiger partial charge in [-0.3, -0.25) is 4.68 Å². The monoisotopic (exact) mass is 313 g/mol. The van der Waals surface area contributed by atoms with E-state index < -0.39 is 29.2 Å². The number of para-hydroxylation sites is 1. The summed E-state index contributed by atoms with van der Waals surface area (Å²) in [5, 5.41) is 6.34. The summed E-state index contributed by atoms with van der Waals surface area (Å²) in [7, 11) is 1.26. The minimum Gasteiger partial charge on any atom is -0.461 e. The number of nitrogens with one attached hydrogen (secondary N) is 1. The van der Waals surface area contributed by atoms with Crippen molar-refractivity contribution in [3.63, 3.8) is 0 Å². The first-order valence-electron chi connectivity index (χ1n) is 6.48. The highest BCUT2D eigenvalue weighted by atomic mass is 19.4. The van der Waals surface area contributed by atoms with E-state index in [4.69, 9.17) is 0 Å². The second kappa shape index (κ2) is 6.08. The SMILES string of the molecule is CCOC(=O)c1c(C(F)(F)F)c(Nc2ccccc2)nn1C. The van der Waals surface area contributed by atoms with Crippen LogP contribution in [0, 0.1) is 0 Å². The van der Waals surface area contributed by atoms with Gasteiger partial charge in [0, 0.05) is 12.7 Å². The average Bonchev–Trinajstić information content (AvgIpc) is 2.76. The van der Waals surface area contributed by atoms with Crippen molar-refractivity contribution in [1.82, 2.24) is 9.78 Å². The summed E-state index contributed by atoms with van der Waals surface area (Å²) in [4.78, 5) is 11.8. The van der Waals surface area contributed by atoms with E-state index in [1.807, 2.05) is 0 Å². The number of alkyl halides is 3. The summed E-state index contributed by atoms with van der Waals surface area (Å²) in [6.07, 6.45) is -4.74. The smallest absolute Gasteiger partial charge is 0.422 e. The second-order valence-electron chi connectivity index (χ2n) is 4.41. The number of carbonyl (C=O) groups excluding carboxylic acids is 1. The Hall–Kier alpha value is -2.51. The molecular formula is C14H14F3N3O2. The number of esters is 1. The van der Waals surface area contributed by atoms with Gasteiger partial charge in [0.1, 0.15) is 5.56 Å². The van der Waals surface area contributed by atoms with Crippen LogP contribution < -0.4 is 5.32 Å². The molecule has 0 atom stereocenters. The quantitative estimate of drug-likeness (QED) is 0.879. The van der Waals surface area contributed by atoms with E-state index in [9.17, 15) is 18.0 Å². The number of hydrogen-bond acceptors (Lipinski definition) is 4. The maximum Gasteiger partial charge on any atom is 0.422 e. The van der Waals surface area contributed by atoms with Gasteiger partial charge in [0.05, 0.1) is 6.61 Å². The molecule has 0 amide bonds. The van der Waals surface area contributed by atoms with Crippen LogP contribution >= 0.6 is 0 Å². The summed E-state index contributed by atoms with van der Waals surface area (Å²) in [5.74, 6) is -1.50. The van der Waals surface area contributed by atoms with E-state index in [1.54, 1.807) is 30.3 Å². The van der Waals surface area contributed by atoms with Gasteiger partial charge in [0.2, 0.25) is 0 Å². The van der Waals surface area contributed by atoms with Gasteiger partial charge in [-0.2, -0.15) is 18.3 Å². The van der Waals surface area contributed by atoms with Crippen molar-refractivity contribution in [3.8, 4) is 0 Å². The average molecular weight is 313 g/mol. The maximum atomic E-state index is 13.3. The van der Waals surface area contributed by atoms with Gasteiger partial charge in [-0.1, -0.05) is 18.2 Å². The first-order chi connectivity index (χ1) is 10.3. The van der Waals surface area contributed by atoms with E-state index >= 15 is 0 Å². The van der Waals surface area contributed by atoms with Gasteiger partial charge in [0.15, 0.2) is 11.5 Å². The molecule has 1 N–H and O–H groups in total. The fraction of sp³-hybridized carbons (Fsp3) is 0.286. The van der Waals surface area contributed by atoms with Crippen LogP contribution in [0.4, 0.5) is 24.7 Å². The van der Waals surface area contributed by atoms with Crippen molar-refractivity contribution in [1.29, 1.82) is 0 Å². The third-order valence-electron chi connectivity index (χ3n) is 2.84. The predicted octanol–water partition coefficient (Wildman–Crippen LogP) is 3.36. The van der Waals surface area contributed by atoms with Crippen LogP contribution in [0.15, 0.2) is 30.3 Å². The van der Waals surface area contributed by atoms with Crippen molar-refractivity contribution in [3.05, 3.63) is 41.6 Å². The highest BCUT2D eigenvalue weighted by molar-refractivity contribution is 5.91. The van der Waals surface area contributed by atoms with Crippen molar-refractivity contribution >= 4 is 17.5 Å². The Bertz CT molecular complexity index is 666. The van der Waals surface area contributed by atoms with Gasteiger partial charge in [-0.15, -0.1) is 0 Å². The Morgan fingerprint density at radius 1 is 1.32 bits per heavy atom. The zero-order chi connectivity index (χ0) is 16.3. The van der Waals surface area contributed by atoms with Crippen LogP contribution in [0.2, 0.25) is 0 Å². The lowest BCUT2D eigenvalue weighted by molar-refractivity contribution is -0.137. The molecule has 1 aromatic heterocycles. The number of nitrogens with zero attached hydrogens (tertiary/aromatic N) is 2. The topological polar surface area (TPSA) is 56.1 Å². The molecule has 2 aromatic rings. The molecule has 1 aromatic carbocycles. The molecule has 0 radical (unpaired) electrons.